The van der Waals surface area contributed by atoms with Crippen molar-refractivity contribution < 1.29 is 0 Å². The van der Waals surface area contributed by atoms with E-state index in [1.54, 1.807) is 0 Å². The second-order valence-corrected chi connectivity index (χ2v) is 14.3. The topological polar surface area (TPSA) is 8.17 Å². The van der Waals surface area contributed by atoms with E-state index < -0.39 is 5.41 Å². The molecule has 0 amide bonds. The molecule has 11 rings (SSSR count). The number of anilines is 2. The van der Waals surface area contributed by atoms with E-state index in [0.29, 0.717) is 6.54 Å². The van der Waals surface area contributed by atoms with Gasteiger partial charge in [-0.3, -0.25) is 0 Å². The lowest BCUT2D eigenvalue weighted by molar-refractivity contribution is 0.703. The van der Waals surface area contributed by atoms with E-state index in [2.05, 4.69) is 185 Å². The van der Waals surface area contributed by atoms with Crippen molar-refractivity contribution in [3.63, 3.8) is 0 Å². The van der Waals surface area contributed by atoms with Crippen molar-refractivity contribution in [2.45, 2.75) is 12.0 Å². The molecule has 246 valence electrons. The van der Waals surface area contributed by atoms with Gasteiger partial charge in [0.05, 0.1) is 22.1 Å². The Morgan fingerprint density at radius 1 is 0.415 bits per heavy atom. The minimum atomic E-state index is -0.639. The third kappa shape index (κ3) is 4.22. The third-order valence-electron chi connectivity index (χ3n) is 11.6. The predicted molar refractivity (Wildman–Crippen MR) is 221 cm³/mol. The highest BCUT2D eigenvalue weighted by Crippen LogP contribution is 2.61. The fraction of sp³-hybridized carbons (Fsp3) is 0.0400. The molecule has 8 aromatic carbocycles. The predicted octanol–water partition coefficient (Wildman–Crippen LogP) is 11.3. The zero-order valence-electron chi connectivity index (χ0n) is 29.1. The molecular formula is C50H33BN2. The zero-order valence-corrected chi connectivity index (χ0v) is 29.1. The van der Waals surface area contributed by atoms with Crippen molar-refractivity contribution in [3.05, 3.63) is 216 Å². The summed E-state index contributed by atoms with van der Waals surface area (Å²) in [7, 11) is 6.69. The molecule has 0 saturated heterocycles. The molecule has 2 aliphatic rings. The Hall–Kier alpha value is -6.58. The minimum Gasteiger partial charge on any atom is -0.336 e. The fourth-order valence-electron chi connectivity index (χ4n) is 9.34. The molecule has 0 fully saturated rings. The first-order valence-electron chi connectivity index (χ1n) is 18.3. The van der Waals surface area contributed by atoms with Crippen LogP contribution in [0.3, 0.4) is 0 Å². The van der Waals surface area contributed by atoms with Gasteiger partial charge in [-0.05, 0) is 86.5 Å². The van der Waals surface area contributed by atoms with Crippen LogP contribution < -0.4 is 10.4 Å². The van der Waals surface area contributed by atoms with Crippen LogP contribution in [0.5, 0.6) is 0 Å². The molecule has 1 spiro atoms. The van der Waals surface area contributed by atoms with Crippen LogP contribution in [0, 0.1) is 0 Å². The first kappa shape index (κ1) is 30.1. The van der Waals surface area contributed by atoms with Gasteiger partial charge in [-0.2, -0.15) is 0 Å². The molecule has 3 heterocycles. The first-order chi connectivity index (χ1) is 26.2. The maximum atomic E-state index is 6.69. The summed E-state index contributed by atoms with van der Waals surface area (Å²) >= 11 is 0. The van der Waals surface area contributed by atoms with Gasteiger partial charge >= 0.3 is 0 Å². The van der Waals surface area contributed by atoms with Crippen LogP contribution in [0.15, 0.2) is 188 Å². The van der Waals surface area contributed by atoms with Gasteiger partial charge in [0.1, 0.15) is 7.85 Å². The number of nitrogens with zero attached hydrogens (tertiary/aromatic N) is 2. The lowest BCUT2D eigenvalue weighted by atomic mass is 9.60. The molecule has 0 aliphatic carbocycles. The average molecular weight is 673 g/mol. The van der Waals surface area contributed by atoms with Gasteiger partial charge < -0.3 is 9.47 Å². The highest BCUT2D eigenvalue weighted by atomic mass is 15.2. The quantitative estimate of drug-likeness (QED) is 0.169. The van der Waals surface area contributed by atoms with Gasteiger partial charge in [-0.1, -0.05) is 157 Å². The van der Waals surface area contributed by atoms with Gasteiger partial charge in [0.2, 0.25) is 0 Å². The Balaban J connectivity index is 1.33. The Morgan fingerprint density at radius 2 is 0.981 bits per heavy atom. The number of para-hydroxylation sites is 3. The molecule has 0 bridgehead atoms. The molecule has 0 unspecified atom stereocenters. The normalized spacial score (nSPS) is 13.5. The van der Waals surface area contributed by atoms with E-state index in [4.69, 9.17) is 7.85 Å². The van der Waals surface area contributed by atoms with Gasteiger partial charge in [0.15, 0.2) is 0 Å². The molecule has 3 heteroatoms. The van der Waals surface area contributed by atoms with Crippen molar-refractivity contribution in [3.8, 4) is 27.9 Å². The molecule has 1 aromatic heterocycles. The number of aromatic nitrogens is 1. The lowest BCUT2D eigenvalue weighted by Gasteiger charge is -2.49. The number of hydrogen-bond donors (Lipinski definition) is 0. The molecule has 2 radical (unpaired) electrons. The van der Waals surface area contributed by atoms with Crippen LogP contribution in [0.4, 0.5) is 11.4 Å². The van der Waals surface area contributed by atoms with Gasteiger partial charge in [-0.15, -0.1) is 0 Å². The van der Waals surface area contributed by atoms with Gasteiger partial charge in [0.25, 0.3) is 0 Å². The molecule has 0 atom stereocenters. The summed E-state index contributed by atoms with van der Waals surface area (Å²) < 4.78 is 2.51. The van der Waals surface area contributed by atoms with E-state index in [0.717, 1.165) is 11.0 Å². The molecule has 0 saturated carbocycles. The molecule has 53 heavy (non-hydrogen) atoms. The fourth-order valence-corrected chi connectivity index (χ4v) is 9.34. The Bertz CT molecular complexity index is 2800. The smallest absolute Gasteiger partial charge is 0.114 e. The summed E-state index contributed by atoms with van der Waals surface area (Å²) in [6, 6.07) is 69.0. The van der Waals surface area contributed by atoms with Crippen LogP contribution in [-0.4, -0.2) is 12.4 Å². The maximum absolute atomic E-state index is 6.69. The van der Waals surface area contributed by atoms with Crippen LogP contribution in [0.2, 0.25) is 0 Å². The summed E-state index contributed by atoms with van der Waals surface area (Å²) in [5.74, 6) is 0. The van der Waals surface area contributed by atoms with E-state index in [-0.39, 0.29) is 0 Å². The zero-order chi connectivity index (χ0) is 35.1. The lowest BCUT2D eigenvalue weighted by Crippen LogP contribution is -2.41. The summed E-state index contributed by atoms with van der Waals surface area (Å²) in [6.07, 6.45) is 0. The molecule has 2 nitrogen and oxygen atoms in total. The van der Waals surface area contributed by atoms with Crippen LogP contribution >= 0.6 is 0 Å². The second-order valence-electron chi connectivity index (χ2n) is 14.3. The largest absolute Gasteiger partial charge is 0.336 e. The van der Waals surface area contributed by atoms with E-state index in [9.17, 15) is 0 Å². The molecule has 0 N–H and O–H groups in total. The molecule has 2 aliphatic heterocycles. The van der Waals surface area contributed by atoms with E-state index in [1.807, 2.05) is 12.1 Å². The summed E-state index contributed by atoms with van der Waals surface area (Å²) in [5, 5.41) is 2.54. The Morgan fingerprint density at radius 3 is 1.68 bits per heavy atom. The number of hydrogen-bond acceptors (Lipinski definition) is 1. The average Bonchev–Trinajstić information content (AvgIpc) is 3.57. The summed E-state index contributed by atoms with van der Waals surface area (Å²) in [5.41, 5.74) is 17.2. The SMILES string of the molecule is [B]c1ccccc1CN1c2ccc(-c3ccccc3)cc2C2(c3cc(-c4ccccc4)ccc31)c1ccccc1-n1c3ccccc3c3cccc2c31. The third-order valence-corrected chi connectivity index (χ3v) is 11.6. The van der Waals surface area contributed by atoms with Crippen molar-refractivity contribution in [1.29, 1.82) is 0 Å². The van der Waals surface area contributed by atoms with Crippen molar-refractivity contribution in [2.24, 2.45) is 0 Å². The van der Waals surface area contributed by atoms with Crippen molar-refractivity contribution in [1.82, 2.24) is 4.57 Å². The van der Waals surface area contributed by atoms with Crippen LogP contribution in [0.1, 0.15) is 27.8 Å². The van der Waals surface area contributed by atoms with Crippen LogP contribution in [-0.2, 0) is 12.0 Å². The van der Waals surface area contributed by atoms with Crippen molar-refractivity contribution >= 4 is 46.5 Å². The second kappa shape index (κ2) is 11.5. The summed E-state index contributed by atoms with van der Waals surface area (Å²) in [6.45, 7) is 0.643. The Kier molecular flexibility index (Phi) is 6.51. The maximum Gasteiger partial charge on any atom is 0.114 e. The molecular weight excluding hydrogens is 639 g/mol. The monoisotopic (exact) mass is 672 g/mol. The van der Waals surface area contributed by atoms with Crippen molar-refractivity contribution in [2.75, 3.05) is 4.90 Å². The Labute approximate surface area is 310 Å². The highest BCUT2D eigenvalue weighted by Gasteiger charge is 2.51. The number of rotatable bonds is 4. The van der Waals surface area contributed by atoms with Gasteiger partial charge in [0, 0.05) is 28.7 Å². The standard InChI is InChI=1S/C50H33BN2/c51-44-23-10-7-18-37(44)32-52-46-28-26-35(33-14-3-1-4-15-33)30-42(46)50(43-31-36(27-29-47(43)52)34-16-5-2-6-17-34)40-21-9-12-25-48(40)53-45-24-11-8-19-38(45)39-20-13-22-41(50)49(39)53/h1-31H,32H2. The van der Waals surface area contributed by atoms with Crippen LogP contribution in [0.25, 0.3) is 49.7 Å². The van der Waals surface area contributed by atoms with E-state index in [1.165, 1.54) is 83.4 Å². The highest BCUT2D eigenvalue weighted by molar-refractivity contribution is 6.33. The first-order valence-corrected chi connectivity index (χ1v) is 18.3. The minimum absolute atomic E-state index is 0.639. The molecule has 9 aromatic rings. The van der Waals surface area contributed by atoms with E-state index >= 15 is 0 Å². The summed E-state index contributed by atoms with van der Waals surface area (Å²) in [4.78, 5) is 2.50. The van der Waals surface area contributed by atoms with Gasteiger partial charge in [-0.25, -0.2) is 0 Å². The number of fused-ring (bicyclic) bond motifs is 11. The number of benzene rings is 8.